The molecule has 2 amide bonds. The van der Waals surface area contributed by atoms with Crippen molar-refractivity contribution in [3.05, 3.63) is 0 Å². The molecule has 0 radical (unpaired) electrons. The lowest BCUT2D eigenvalue weighted by atomic mass is 9.87. The molecular weight excluding hydrogens is 415 g/mol. The molecule has 3 aliphatic heterocycles. The minimum atomic E-state index is -1.27. The van der Waals surface area contributed by atoms with E-state index in [0.717, 1.165) is 12.8 Å². The van der Waals surface area contributed by atoms with Gasteiger partial charge in [0.15, 0.2) is 9.74 Å². The summed E-state index contributed by atoms with van der Waals surface area (Å²) in [7, 11) is 3.26. The van der Waals surface area contributed by atoms with Crippen molar-refractivity contribution < 1.29 is 9.59 Å². The van der Waals surface area contributed by atoms with Crippen LogP contribution in [0.5, 0.6) is 0 Å². The van der Waals surface area contributed by atoms with E-state index in [1.54, 1.807) is 14.1 Å². The Hall–Kier alpha value is 0.140. The number of piperazine rings is 1. The summed E-state index contributed by atoms with van der Waals surface area (Å²) >= 11 is 21.8. The molecular formula is C16H26Cl2N4O2S2. The van der Waals surface area contributed by atoms with E-state index in [9.17, 15) is 9.59 Å². The van der Waals surface area contributed by atoms with Crippen LogP contribution in [0.15, 0.2) is 0 Å². The summed E-state index contributed by atoms with van der Waals surface area (Å²) in [4.78, 5) is 27.1. The quantitative estimate of drug-likeness (QED) is 0.380. The fourth-order valence-electron chi connectivity index (χ4n) is 4.19. The summed E-state index contributed by atoms with van der Waals surface area (Å²) in [6, 6.07) is -0.539. The fourth-order valence-corrected chi connectivity index (χ4v) is 5.54. The molecule has 26 heavy (non-hydrogen) atoms. The molecule has 0 bridgehead atoms. The van der Waals surface area contributed by atoms with Gasteiger partial charge >= 0.3 is 0 Å². The van der Waals surface area contributed by atoms with Crippen LogP contribution in [0.2, 0.25) is 0 Å². The van der Waals surface area contributed by atoms with E-state index < -0.39 is 9.74 Å². The summed E-state index contributed by atoms with van der Waals surface area (Å²) in [5.41, 5.74) is 0. The number of halogens is 2. The topological polar surface area (TPSA) is 64.7 Å². The monoisotopic (exact) mass is 440 g/mol. The first-order chi connectivity index (χ1) is 12.1. The SMILES string of the molecule is CN1C(=O)C(S)(C2CCC(Cl)CN2)N(C)C(=O)C1(S)C1CCC(Cl)CN1. The molecule has 2 N–H and O–H groups in total. The minimum absolute atomic E-state index is 0.0273. The Labute approximate surface area is 175 Å². The number of nitrogens with one attached hydrogen (secondary N) is 2. The van der Waals surface area contributed by atoms with Gasteiger partial charge in [-0.2, -0.15) is 0 Å². The molecule has 3 heterocycles. The third kappa shape index (κ3) is 3.14. The Morgan fingerprint density at radius 1 is 0.846 bits per heavy atom. The van der Waals surface area contributed by atoms with E-state index in [4.69, 9.17) is 48.5 Å². The lowest BCUT2D eigenvalue weighted by Crippen LogP contribution is -2.80. The van der Waals surface area contributed by atoms with Crippen LogP contribution in [0.1, 0.15) is 25.7 Å². The molecule has 3 aliphatic rings. The van der Waals surface area contributed by atoms with Crippen molar-refractivity contribution >= 4 is 60.3 Å². The molecule has 0 aromatic heterocycles. The second kappa shape index (κ2) is 7.52. The van der Waals surface area contributed by atoms with Gasteiger partial charge in [-0.3, -0.25) is 9.59 Å². The summed E-state index contributed by atoms with van der Waals surface area (Å²) in [5, 5.41) is 6.63. The molecule has 0 aromatic carbocycles. The summed E-state index contributed by atoms with van der Waals surface area (Å²) in [6.45, 7) is 1.17. The highest BCUT2D eigenvalue weighted by atomic mass is 35.5. The average Bonchev–Trinajstić information content (AvgIpc) is 2.64. The van der Waals surface area contributed by atoms with Crippen molar-refractivity contribution in [1.82, 2.24) is 20.4 Å². The van der Waals surface area contributed by atoms with Crippen molar-refractivity contribution in [3.63, 3.8) is 0 Å². The number of piperidine rings is 2. The first kappa shape index (κ1) is 20.9. The smallest absolute Gasteiger partial charge is 0.261 e. The Morgan fingerprint density at radius 2 is 1.19 bits per heavy atom. The average molecular weight is 441 g/mol. The summed E-state index contributed by atoms with van der Waals surface area (Å²) < 4.78 is 0. The second-order valence-corrected chi connectivity index (χ2v) is 10.0. The van der Waals surface area contributed by atoms with Gasteiger partial charge in [-0.05, 0) is 25.7 Å². The predicted octanol–water partition coefficient (Wildman–Crippen LogP) is 0.888. The van der Waals surface area contributed by atoms with Crippen LogP contribution in [0, 0.1) is 0 Å². The van der Waals surface area contributed by atoms with E-state index in [0.29, 0.717) is 25.9 Å². The first-order valence-corrected chi connectivity index (χ1v) is 10.7. The highest BCUT2D eigenvalue weighted by Gasteiger charge is 2.63. The Bertz CT molecular complexity index is 535. The van der Waals surface area contributed by atoms with E-state index in [2.05, 4.69) is 10.6 Å². The number of hydrogen-bond acceptors (Lipinski definition) is 6. The number of carbonyl (C=O) groups excluding carboxylic acids is 2. The lowest BCUT2D eigenvalue weighted by Gasteiger charge is -2.57. The van der Waals surface area contributed by atoms with Gasteiger partial charge in [-0.25, -0.2) is 0 Å². The molecule has 3 rings (SSSR count). The zero-order valence-corrected chi connectivity index (χ0v) is 18.2. The van der Waals surface area contributed by atoms with Crippen LogP contribution in [-0.2, 0) is 9.59 Å². The molecule has 6 atom stereocenters. The maximum atomic E-state index is 13.4. The zero-order valence-electron chi connectivity index (χ0n) is 14.9. The molecule has 148 valence electrons. The third-order valence-electron chi connectivity index (χ3n) is 5.94. The van der Waals surface area contributed by atoms with Crippen LogP contribution in [0.4, 0.5) is 0 Å². The second-order valence-electron chi connectivity index (χ2n) is 7.45. The van der Waals surface area contributed by atoms with Gasteiger partial charge in [0.2, 0.25) is 0 Å². The number of carbonyl (C=O) groups is 2. The van der Waals surface area contributed by atoms with Crippen molar-refractivity contribution in [1.29, 1.82) is 0 Å². The number of likely N-dealkylation sites (N-methyl/N-ethyl adjacent to an activating group) is 2. The van der Waals surface area contributed by atoms with E-state index in [1.165, 1.54) is 9.80 Å². The largest absolute Gasteiger partial charge is 0.319 e. The summed E-state index contributed by atoms with van der Waals surface area (Å²) in [5.74, 6) is -0.475. The van der Waals surface area contributed by atoms with Crippen LogP contribution in [0.25, 0.3) is 0 Å². The van der Waals surface area contributed by atoms with Crippen molar-refractivity contribution in [2.45, 2.75) is 58.3 Å². The number of nitrogens with zero attached hydrogens (tertiary/aromatic N) is 2. The van der Waals surface area contributed by atoms with E-state index >= 15 is 0 Å². The predicted molar refractivity (Wildman–Crippen MR) is 110 cm³/mol. The zero-order chi connectivity index (χ0) is 19.3. The standard InChI is InChI=1S/C16H26Cl2N4O2S2/c1-21-13(23)16(26,12-6-4-10(18)8-20-12)22(2)14(24)15(21,25)11-5-3-9(17)7-19-11/h9-12,19-20,25-26H,3-8H2,1-2H3. The Kier molecular flexibility index (Phi) is 6.03. The minimum Gasteiger partial charge on any atom is -0.319 e. The number of amides is 2. The maximum absolute atomic E-state index is 13.4. The van der Waals surface area contributed by atoms with Crippen molar-refractivity contribution in [3.8, 4) is 0 Å². The molecule has 0 aliphatic carbocycles. The van der Waals surface area contributed by atoms with E-state index in [1.807, 2.05) is 0 Å². The number of hydrogen-bond donors (Lipinski definition) is 4. The molecule has 6 nitrogen and oxygen atoms in total. The van der Waals surface area contributed by atoms with Crippen molar-refractivity contribution in [2.75, 3.05) is 27.2 Å². The molecule has 10 heteroatoms. The molecule has 0 aromatic rings. The van der Waals surface area contributed by atoms with Crippen molar-refractivity contribution in [2.24, 2.45) is 0 Å². The summed E-state index contributed by atoms with van der Waals surface area (Å²) in [6.07, 6.45) is 2.88. The van der Waals surface area contributed by atoms with E-state index in [-0.39, 0.29) is 34.7 Å². The Morgan fingerprint density at radius 3 is 1.46 bits per heavy atom. The van der Waals surface area contributed by atoms with Gasteiger partial charge in [0.1, 0.15) is 0 Å². The highest BCUT2D eigenvalue weighted by Crippen LogP contribution is 2.43. The third-order valence-corrected chi connectivity index (χ3v) is 8.29. The van der Waals surface area contributed by atoms with Crippen LogP contribution >= 0.6 is 48.5 Å². The van der Waals surface area contributed by atoms with Crippen LogP contribution < -0.4 is 10.6 Å². The van der Waals surface area contributed by atoms with Gasteiger partial charge in [-0.1, -0.05) is 0 Å². The van der Waals surface area contributed by atoms with Gasteiger partial charge in [-0.15, -0.1) is 48.5 Å². The fraction of sp³-hybridized carbons (Fsp3) is 0.875. The molecule has 3 fully saturated rings. The van der Waals surface area contributed by atoms with Gasteiger partial charge in [0.25, 0.3) is 11.8 Å². The molecule has 0 saturated carbocycles. The first-order valence-electron chi connectivity index (χ1n) is 8.89. The molecule has 6 unspecified atom stereocenters. The van der Waals surface area contributed by atoms with Crippen LogP contribution in [0.3, 0.4) is 0 Å². The maximum Gasteiger partial charge on any atom is 0.261 e. The Balaban J connectivity index is 1.89. The number of alkyl halides is 2. The lowest BCUT2D eigenvalue weighted by molar-refractivity contribution is -0.166. The molecule has 3 saturated heterocycles. The van der Waals surface area contributed by atoms with Gasteiger partial charge in [0.05, 0.1) is 0 Å². The van der Waals surface area contributed by atoms with Gasteiger partial charge < -0.3 is 20.4 Å². The number of thiol groups is 2. The normalized spacial score (nSPS) is 45.2. The molecule has 0 spiro atoms. The van der Waals surface area contributed by atoms with Gasteiger partial charge in [0, 0.05) is 50.0 Å². The highest BCUT2D eigenvalue weighted by molar-refractivity contribution is 7.83. The van der Waals surface area contributed by atoms with Crippen LogP contribution in [-0.4, -0.2) is 81.4 Å². The number of rotatable bonds is 2.